The van der Waals surface area contributed by atoms with Crippen LogP contribution < -0.4 is 14.8 Å². The Labute approximate surface area is 140 Å². The van der Waals surface area contributed by atoms with Gasteiger partial charge in [0.25, 0.3) is 0 Å². The lowest BCUT2D eigenvalue weighted by atomic mass is 9.97. The molecule has 2 atom stereocenters. The third kappa shape index (κ3) is 2.62. The highest BCUT2D eigenvalue weighted by molar-refractivity contribution is 5.93. The van der Waals surface area contributed by atoms with Crippen LogP contribution in [0, 0.1) is 5.92 Å². The molecule has 0 bridgehead atoms. The van der Waals surface area contributed by atoms with Crippen LogP contribution in [0.25, 0.3) is 0 Å². The molecule has 1 aromatic carbocycles. The smallest absolute Gasteiger partial charge is 0.248 e. The van der Waals surface area contributed by atoms with Crippen LogP contribution in [0.5, 0.6) is 11.5 Å². The summed E-state index contributed by atoms with van der Waals surface area (Å²) in [7, 11) is 0. The van der Waals surface area contributed by atoms with E-state index in [1.807, 2.05) is 38.2 Å². The van der Waals surface area contributed by atoms with Crippen LogP contribution in [-0.4, -0.2) is 21.2 Å². The molecule has 0 fully saturated rings. The zero-order valence-electron chi connectivity index (χ0n) is 13.9. The molecule has 6 heteroatoms. The number of aromatic nitrogens is 2. The number of carbonyl (C=O) groups is 1. The van der Waals surface area contributed by atoms with Crippen molar-refractivity contribution in [1.82, 2.24) is 9.55 Å². The minimum atomic E-state index is -0.620. The lowest BCUT2D eigenvalue weighted by molar-refractivity contribution is -0.120. The fourth-order valence-corrected chi connectivity index (χ4v) is 3.20. The van der Waals surface area contributed by atoms with Gasteiger partial charge in [-0.2, -0.15) is 0 Å². The van der Waals surface area contributed by atoms with Gasteiger partial charge in [-0.15, -0.1) is 0 Å². The number of ether oxygens (including phenoxy) is 2. The molecule has 0 saturated carbocycles. The molecule has 6 nitrogen and oxygen atoms in total. The number of benzene rings is 1. The second kappa shape index (κ2) is 5.54. The van der Waals surface area contributed by atoms with E-state index in [2.05, 4.69) is 14.9 Å². The van der Waals surface area contributed by atoms with Crippen molar-refractivity contribution in [3.8, 4) is 11.5 Å². The van der Waals surface area contributed by atoms with Crippen molar-refractivity contribution in [3.05, 3.63) is 36.4 Å². The molecule has 2 aromatic rings. The van der Waals surface area contributed by atoms with E-state index in [0.29, 0.717) is 12.2 Å². The van der Waals surface area contributed by atoms with Gasteiger partial charge in [0.15, 0.2) is 11.5 Å². The third-order valence-corrected chi connectivity index (χ3v) is 4.83. The van der Waals surface area contributed by atoms with Crippen LogP contribution >= 0.6 is 0 Å². The summed E-state index contributed by atoms with van der Waals surface area (Å²) in [6.45, 7) is 4.76. The summed E-state index contributed by atoms with van der Waals surface area (Å²) in [6, 6.07) is 5.53. The Morgan fingerprint density at radius 3 is 3.08 bits per heavy atom. The Morgan fingerprint density at radius 2 is 2.25 bits per heavy atom. The van der Waals surface area contributed by atoms with Gasteiger partial charge in [-0.1, -0.05) is 6.92 Å². The monoisotopic (exact) mass is 327 g/mol. The SMILES string of the molecule is CC[C@]1(C)Oc2ccc(NC(=O)[C@@H]3CCn4ccnc4C3)cc2O1. The zero-order valence-corrected chi connectivity index (χ0v) is 13.9. The minimum absolute atomic E-state index is 0.0290. The maximum absolute atomic E-state index is 12.6. The van der Waals surface area contributed by atoms with E-state index in [9.17, 15) is 4.79 Å². The average Bonchev–Trinajstić information content (AvgIpc) is 3.17. The Bertz CT molecular complexity index is 786. The highest BCUT2D eigenvalue weighted by atomic mass is 16.7. The number of hydrogen-bond donors (Lipinski definition) is 1. The quantitative estimate of drug-likeness (QED) is 0.941. The molecule has 24 heavy (non-hydrogen) atoms. The summed E-state index contributed by atoms with van der Waals surface area (Å²) < 4.78 is 13.8. The normalized spacial score (nSPS) is 24.5. The van der Waals surface area contributed by atoms with Crippen LogP contribution in [0.15, 0.2) is 30.6 Å². The maximum Gasteiger partial charge on any atom is 0.248 e. The number of amides is 1. The number of carbonyl (C=O) groups excluding carboxylic acids is 1. The van der Waals surface area contributed by atoms with E-state index >= 15 is 0 Å². The van der Waals surface area contributed by atoms with Gasteiger partial charge < -0.3 is 19.4 Å². The standard InChI is InChI=1S/C18H21N3O3/c1-3-18(2)23-14-5-4-13(11-15(14)24-18)20-17(22)12-6-8-21-9-7-19-16(21)10-12/h4-5,7,9,11-12H,3,6,8,10H2,1-2H3,(H,20,22)/t12-,18-/m1/s1. The van der Waals surface area contributed by atoms with Gasteiger partial charge in [0.1, 0.15) is 5.82 Å². The van der Waals surface area contributed by atoms with Gasteiger partial charge in [-0.25, -0.2) is 4.98 Å². The lowest BCUT2D eigenvalue weighted by Crippen LogP contribution is -2.33. The highest BCUT2D eigenvalue weighted by Crippen LogP contribution is 2.42. The molecular formula is C18H21N3O3. The average molecular weight is 327 g/mol. The van der Waals surface area contributed by atoms with Gasteiger partial charge in [-0.05, 0) is 18.6 Å². The van der Waals surface area contributed by atoms with Gasteiger partial charge in [0, 0.05) is 56.4 Å². The van der Waals surface area contributed by atoms with Gasteiger partial charge in [0.05, 0.1) is 0 Å². The highest BCUT2D eigenvalue weighted by Gasteiger charge is 2.35. The Hall–Kier alpha value is -2.50. The molecule has 0 unspecified atom stereocenters. The number of aryl methyl sites for hydroxylation is 1. The van der Waals surface area contributed by atoms with Crippen molar-refractivity contribution in [3.63, 3.8) is 0 Å². The summed E-state index contributed by atoms with van der Waals surface area (Å²) in [5.74, 6) is 1.73. The Balaban J connectivity index is 1.45. The molecule has 3 heterocycles. The topological polar surface area (TPSA) is 65.4 Å². The number of nitrogens with one attached hydrogen (secondary N) is 1. The van der Waals surface area contributed by atoms with Crippen molar-refractivity contribution in [1.29, 1.82) is 0 Å². The molecule has 126 valence electrons. The molecule has 0 saturated heterocycles. The predicted molar refractivity (Wildman–Crippen MR) is 89.1 cm³/mol. The van der Waals surface area contributed by atoms with Gasteiger partial charge in [0.2, 0.25) is 11.7 Å². The van der Waals surface area contributed by atoms with Gasteiger partial charge in [-0.3, -0.25) is 4.79 Å². The van der Waals surface area contributed by atoms with Crippen LogP contribution in [0.3, 0.4) is 0 Å². The van der Waals surface area contributed by atoms with Gasteiger partial charge >= 0.3 is 0 Å². The van der Waals surface area contributed by atoms with Crippen LogP contribution in [0.1, 0.15) is 32.5 Å². The van der Waals surface area contributed by atoms with Crippen molar-refractivity contribution in [2.75, 3.05) is 5.32 Å². The first-order chi connectivity index (χ1) is 11.6. The molecule has 2 aliphatic heterocycles. The number of nitrogens with zero attached hydrogens (tertiary/aromatic N) is 2. The number of imidazole rings is 1. The van der Waals surface area contributed by atoms with Crippen LogP contribution in [0.4, 0.5) is 5.69 Å². The minimum Gasteiger partial charge on any atom is -0.449 e. The largest absolute Gasteiger partial charge is 0.449 e. The van der Waals surface area contributed by atoms with Crippen LogP contribution in [-0.2, 0) is 17.8 Å². The van der Waals surface area contributed by atoms with E-state index in [0.717, 1.165) is 36.6 Å². The van der Waals surface area contributed by atoms with Crippen molar-refractivity contribution >= 4 is 11.6 Å². The maximum atomic E-state index is 12.6. The molecule has 0 radical (unpaired) electrons. The molecule has 1 N–H and O–H groups in total. The summed E-state index contributed by atoms with van der Waals surface area (Å²) in [5.41, 5.74) is 0.733. The number of anilines is 1. The second-order valence-corrected chi connectivity index (χ2v) is 6.57. The molecule has 0 aliphatic carbocycles. The van der Waals surface area contributed by atoms with E-state index in [4.69, 9.17) is 9.47 Å². The first-order valence-electron chi connectivity index (χ1n) is 8.39. The van der Waals surface area contributed by atoms with E-state index < -0.39 is 5.79 Å². The Kier molecular flexibility index (Phi) is 3.48. The molecule has 4 rings (SSSR count). The van der Waals surface area contributed by atoms with E-state index in [1.165, 1.54) is 0 Å². The second-order valence-electron chi connectivity index (χ2n) is 6.57. The predicted octanol–water partition coefficient (Wildman–Crippen LogP) is 2.98. The van der Waals surface area contributed by atoms with E-state index in [-0.39, 0.29) is 11.8 Å². The summed E-state index contributed by atoms with van der Waals surface area (Å²) >= 11 is 0. The van der Waals surface area contributed by atoms with Crippen molar-refractivity contribution < 1.29 is 14.3 Å². The first kappa shape index (κ1) is 15.1. The molecular weight excluding hydrogens is 306 g/mol. The number of fused-ring (bicyclic) bond motifs is 2. The van der Waals surface area contributed by atoms with Crippen molar-refractivity contribution in [2.24, 2.45) is 5.92 Å². The van der Waals surface area contributed by atoms with E-state index in [1.54, 1.807) is 6.20 Å². The number of rotatable bonds is 3. The third-order valence-electron chi connectivity index (χ3n) is 4.83. The molecule has 2 aliphatic rings. The number of hydrogen-bond acceptors (Lipinski definition) is 4. The first-order valence-corrected chi connectivity index (χ1v) is 8.39. The Morgan fingerprint density at radius 1 is 1.42 bits per heavy atom. The zero-order chi connectivity index (χ0) is 16.7. The fourth-order valence-electron chi connectivity index (χ4n) is 3.20. The van der Waals surface area contributed by atoms with Crippen LogP contribution in [0.2, 0.25) is 0 Å². The molecule has 1 amide bonds. The fraction of sp³-hybridized carbons (Fsp3) is 0.444. The lowest BCUT2D eigenvalue weighted by Gasteiger charge is -2.22. The molecule has 1 aromatic heterocycles. The summed E-state index contributed by atoms with van der Waals surface area (Å²) in [6.07, 6.45) is 6.01. The summed E-state index contributed by atoms with van der Waals surface area (Å²) in [5, 5.41) is 3.00. The molecule has 0 spiro atoms. The van der Waals surface area contributed by atoms with Crippen molar-refractivity contribution in [2.45, 2.75) is 45.4 Å². The summed E-state index contributed by atoms with van der Waals surface area (Å²) in [4.78, 5) is 16.9.